The third kappa shape index (κ3) is 6.09. The van der Waals surface area contributed by atoms with E-state index in [0.29, 0.717) is 6.04 Å². The lowest BCUT2D eigenvalue weighted by Crippen LogP contribution is -2.17. The lowest BCUT2D eigenvalue weighted by Gasteiger charge is -2.19. The van der Waals surface area contributed by atoms with E-state index < -0.39 is 0 Å². The van der Waals surface area contributed by atoms with Gasteiger partial charge < -0.3 is 5.32 Å². The molecule has 108 valence electrons. The minimum absolute atomic E-state index is 0.499. The summed E-state index contributed by atoms with van der Waals surface area (Å²) >= 11 is 3.53. The predicted octanol–water partition coefficient (Wildman–Crippen LogP) is 5.77. The topological polar surface area (TPSA) is 12.0 Å². The Balaban J connectivity index is 2.40. The maximum Gasteiger partial charge on any atom is 0.0320 e. The first kappa shape index (κ1) is 16.7. The van der Waals surface area contributed by atoms with Crippen LogP contribution in [-0.4, -0.2) is 7.05 Å². The van der Waals surface area contributed by atoms with Gasteiger partial charge in [0.1, 0.15) is 0 Å². The maximum atomic E-state index is 3.53. The molecule has 1 aromatic rings. The van der Waals surface area contributed by atoms with Gasteiger partial charge in [-0.25, -0.2) is 0 Å². The predicted molar refractivity (Wildman–Crippen MR) is 88.7 cm³/mol. The highest BCUT2D eigenvalue weighted by atomic mass is 79.9. The number of benzene rings is 1. The van der Waals surface area contributed by atoms with E-state index in [1.54, 1.807) is 0 Å². The normalized spacial score (nSPS) is 12.6. The minimum Gasteiger partial charge on any atom is -0.313 e. The summed E-state index contributed by atoms with van der Waals surface area (Å²) in [6.45, 7) is 4.47. The molecular formula is C17H28BrN. The molecule has 1 N–H and O–H groups in total. The maximum absolute atomic E-state index is 3.53. The molecule has 1 unspecified atom stereocenters. The van der Waals surface area contributed by atoms with Gasteiger partial charge in [0.2, 0.25) is 0 Å². The van der Waals surface area contributed by atoms with Crippen molar-refractivity contribution in [1.82, 2.24) is 5.32 Å². The Morgan fingerprint density at radius 1 is 1.11 bits per heavy atom. The zero-order valence-electron chi connectivity index (χ0n) is 12.6. The number of unbranched alkanes of at least 4 members (excludes halogenated alkanes) is 5. The second-order valence-corrected chi connectivity index (χ2v) is 6.31. The number of aryl methyl sites for hydroxylation is 1. The highest BCUT2D eigenvalue weighted by Crippen LogP contribution is 2.25. The van der Waals surface area contributed by atoms with Crippen LogP contribution in [0.4, 0.5) is 0 Å². The van der Waals surface area contributed by atoms with Crippen molar-refractivity contribution in [3.63, 3.8) is 0 Å². The van der Waals surface area contributed by atoms with Gasteiger partial charge in [-0.15, -0.1) is 0 Å². The van der Waals surface area contributed by atoms with Crippen LogP contribution in [0.5, 0.6) is 0 Å². The molecule has 0 aliphatic rings. The van der Waals surface area contributed by atoms with Gasteiger partial charge in [-0.3, -0.25) is 0 Å². The van der Waals surface area contributed by atoms with Crippen molar-refractivity contribution in [1.29, 1.82) is 0 Å². The molecule has 0 heterocycles. The Labute approximate surface area is 127 Å². The standard InChI is InChI=1S/C17H28BrN/c1-4-5-6-7-8-9-10-17(19-3)16-12-11-15(18)13-14(16)2/h11-13,17,19H,4-10H2,1-3H3. The van der Waals surface area contributed by atoms with Gasteiger partial charge in [-0.1, -0.05) is 67.4 Å². The summed E-state index contributed by atoms with van der Waals surface area (Å²) < 4.78 is 1.17. The van der Waals surface area contributed by atoms with Crippen LogP contribution in [0.1, 0.15) is 69.0 Å². The lowest BCUT2D eigenvalue weighted by molar-refractivity contribution is 0.496. The fourth-order valence-electron chi connectivity index (χ4n) is 2.61. The molecule has 2 heteroatoms. The number of hydrogen-bond donors (Lipinski definition) is 1. The molecule has 1 aromatic carbocycles. The van der Waals surface area contributed by atoms with E-state index in [0.717, 1.165) is 0 Å². The summed E-state index contributed by atoms with van der Waals surface area (Å²) in [6, 6.07) is 7.10. The van der Waals surface area contributed by atoms with Crippen LogP contribution >= 0.6 is 15.9 Å². The zero-order valence-corrected chi connectivity index (χ0v) is 14.2. The number of halogens is 1. The Bertz CT molecular complexity index is 362. The molecule has 1 rings (SSSR count). The van der Waals surface area contributed by atoms with Crippen molar-refractivity contribution >= 4 is 15.9 Å². The van der Waals surface area contributed by atoms with E-state index >= 15 is 0 Å². The van der Waals surface area contributed by atoms with E-state index in [2.05, 4.69) is 60.3 Å². The van der Waals surface area contributed by atoms with Crippen molar-refractivity contribution in [2.24, 2.45) is 0 Å². The van der Waals surface area contributed by atoms with Crippen LogP contribution in [0.25, 0.3) is 0 Å². The molecule has 0 fully saturated rings. The van der Waals surface area contributed by atoms with Crippen LogP contribution in [0, 0.1) is 6.92 Å². The molecule has 1 nitrogen and oxygen atoms in total. The fraction of sp³-hybridized carbons (Fsp3) is 0.647. The lowest BCUT2D eigenvalue weighted by atomic mass is 9.96. The second-order valence-electron chi connectivity index (χ2n) is 5.40. The Kier molecular flexibility index (Phi) is 8.40. The van der Waals surface area contributed by atoms with Crippen molar-refractivity contribution in [3.05, 3.63) is 33.8 Å². The van der Waals surface area contributed by atoms with Crippen LogP contribution in [-0.2, 0) is 0 Å². The Morgan fingerprint density at radius 3 is 2.42 bits per heavy atom. The third-order valence-electron chi connectivity index (χ3n) is 3.80. The van der Waals surface area contributed by atoms with Crippen LogP contribution in [0.3, 0.4) is 0 Å². The molecule has 0 bridgehead atoms. The molecule has 0 aliphatic heterocycles. The molecule has 0 spiro atoms. The monoisotopic (exact) mass is 325 g/mol. The first-order chi connectivity index (χ1) is 9.19. The quantitative estimate of drug-likeness (QED) is 0.568. The van der Waals surface area contributed by atoms with Crippen molar-refractivity contribution in [2.75, 3.05) is 7.05 Å². The molecule has 1 atom stereocenters. The van der Waals surface area contributed by atoms with E-state index in [-0.39, 0.29) is 0 Å². The van der Waals surface area contributed by atoms with Crippen molar-refractivity contribution in [2.45, 2.75) is 64.8 Å². The van der Waals surface area contributed by atoms with Crippen LogP contribution < -0.4 is 5.32 Å². The van der Waals surface area contributed by atoms with Crippen molar-refractivity contribution < 1.29 is 0 Å². The Hall–Kier alpha value is -0.340. The van der Waals surface area contributed by atoms with Gasteiger partial charge in [0.05, 0.1) is 0 Å². The molecule has 0 saturated heterocycles. The van der Waals surface area contributed by atoms with Crippen molar-refractivity contribution in [3.8, 4) is 0 Å². The van der Waals surface area contributed by atoms with Gasteiger partial charge in [0.25, 0.3) is 0 Å². The molecular weight excluding hydrogens is 298 g/mol. The smallest absolute Gasteiger partial charge is 0.0320 e. The average molecular weight is 326 g/mol. The van der Waals surface area contributed by atoms with E-state index in [1.807, 2.05) is 0 Å². The largest absolute Gasteiger partial charge is 0.313 e. The van der Waals surface area contributed by atoms with Crippen LogP contribution in [0.2, 0.25) is 0 Å². The summed E-state index contributed by atoms with van der Waals surface area (Å²) in [5.74, 6) is 0. The number of rotatable bonds is 9. The van der Waals surface area contributed by atoms with E-state index in [4.69, 9.17) is 0 Å². The fourth-order valence-corrected chi connectivity index (χ4v) is 3.09. The first-order valence-electron chi connectivity index (χ1n) is 7.62. The van der Waals surface area contributed by atoms with E-state index in [9.17, 15) is 0 Å². The summed E-state index contributed by atoms with van der Waals surface area (Å²) in [5.41, 5.74) is 2.82. The molecule has 0 radical (unpaired) electrons. The highest BCUT2D eigenvalue weighted by molar-refractivity contribution is 9.10. The zero-order chi connectivity index (χ0) is 14.1. The van der Waals surface area contributed by atoms with Gasteiger partial charge >= 0.3 is 0 Å². The summed E-state index contributed by atoms with van der Waals surface area (Å²) in [7, 11) is 2.07. The van der Waals surface area contributed by atoms with Gasteiger partial charge in [0.15, 0.2) is 0 Å². The molecule has 0 amide bonds. The third-order valence-corrected chi connectivity index (χ3v) is 4.30. The summed E-state index contributed by atoms with van der Waals surface area (Å²) in [4.78, 5) is 0. The second kappa shape index (κ2) is 9.55. The highest BCUT2D eigenvalue weighted by Gasteiger charge is 2.11. The van der Waals surface area contributed by atoms with Gasteiger partial charge in [-0.2, -0.15) is 0 Å². The van der Waals surface area contributed by atoms with Gasteiger partial charge in [-0.05, 0) is 43.7 Å². The Morgan fingerprint density at radius 2 is 1.79 bits per heavy atom. The van der Waals surface area contributed by atoms with Gasteiger partial charge in [0, 0.05) is 10.5 Å². The average Bonchev–Trinajstić information content (AvgIpc) is 2.39. The summed E-state index contributed by atoms with van der Waals surface area (Å²) in [6.07, 6.45) is 9.45. The number of nitrogens with one attached hydrogen (secondary N) is 1. The minimum atomic E-state index is 0.499. The molecule has 0 aromatic heterocycles. The van der Waals surface area contributed by atoms with E-state index in [1.165, 1.54) is 60.5 Å². The molecule has 0 saturated carbocycles. The number of hydrogen-bond acceptors (Lipinski definition) is 1. The first-order valence-corrected chi connectivity index (χ1v) is 8.41. The SMILES string of the molecule is CCCCCCCCC(NC)c1ccc(Br)cc1C. The summed E-state index contributed by atoms with van der Waals surface area (Å²) in [5, 5.41) is 3.47. The van der Waals surface area contributed by atoms with Crippen LogP contribution in [0.15, 0.2) is 22.7 Å². The molecule has 0 aliphatic carbocycles. The molecule has 19 heavy (non-hydrogen) atoms.